The summed E-state index contributed by atoms with van der Waals surface area (Å²) in [5.41, 5.74) is 4.40. The largest absolute Gasteiger partial charge is 0.464 e. The molecule has 0 bridgehead atoms. The van der Waals surface area contributed by atoms with Crippen LogP contribution in [-0.2, 0) is 16.0 Å². The Bertz CT molecular complexity index is 1740. The fourth-order valence-corrected chi connectivity index (χ4v) is 7.13. The monoisotopic (exact) mass is 673 g/mol. The van der Waals surface area contributed by atoms with Crippen LogP contribution in [0.15, 0.2) is 120 Å². The highest BCUT2D eigenvalue weighted by molar-refractivity contribution is 6.08. The van der Waals surface area contributed by atoms with Gasteiger partial charge in [0.25, 0.3) is 5.69 Å². The topological polar surface area (TPSA) is 109 Å². The molecule has 50 heavy (non-hydrogen) atoms. The van der Waals surface area contributed by atoms with E-state index in [2.05, 4.69) is 63.3 Å². The van der Waals surface area contributed by atoms with E-state index in [1.807, 2.05) is 42.5 Å². The molecule has 0 spiro atoms. The third-order valence-electron chi connectivity index (χ3n) is 9.66. The number of urea groups is 1. The van der Waals surface area contributed by atoms with E-state index >= 15 is 0 Å². The second-order valence-electron chi connectivity index (χ2n) is 12.9. The summed E-state index contributed by atoms with van der Waals surface area (Å²) in [5.74, 6) is -1.38. The Labute approximate surface area is 293 Å². The lowest BCUT2D eigenvalue weighted by atomic mass is 9.86. The Hall–Kier alpha value is -5.19. The number of non-ortho nitro benzene ring substituents is 1. The molecule has 258 valence electrons. The SMILES string of the molecule is CC1=NC(=O)N(CCCc2ccccc2)C(c2cccc([N+](=O)[O-])c2)C1C(=O)OCCN1CCN(C(c2ccccc2)c2ccccc2)CC1. The van der Waals surface area contributed by atoms with Gasteiger partial charge in [0.1, 0.15) is 12.5 Å². The summed E-state index contributed by atoms with van der Waals surface area (Å²) in [6, 6.07) is 36.2. The van der Waals surface area contributed by atoms with Gasteiger partial charge in [-0.25, -0.2) is 9.79 Å². The number of benzene rings is 4. The van der Waals surface area contributed by atoms with Crippen LogP contribution in [0.4, 0.5) is 10.5 Å². The molecule has 2 amide bonds. The maximum absolute atomic E-state index is 13.9. The molecule has 2 heterocycles. The van der Waals surface area contributed by atoms with Crippen molar-refractivity contribution in [2.75, 3.05) is 45.9 Å². The number of amides is 2. The minimum Gasteiger partial charge on any atom is -0.464 e. The number of ether oxygens (including phenoxy) is 1. The van der Waals surface area contributed by atoms with Crippen LogP contribution in [0.1, 0.15) is 47.7 Å². The van der Waals surface area contributed by atoms with Gasteiger partial charge in [-0.2, -0.15) is 0 Å². The van der Waals surface area contributed by atoms with Crippen LogP contribution in [0.2, 0.25) is 0 Å². The number of nitro benzene ring substituents is 1. The van der Waals surface area contributed by atoms with Crippen molar-refractivity contribution in [3.63, 3.8) is 0 Å². The molecule has 4 aromatic carbocycles. The molecular formula is C40H43N5O5. The van der Waals surface area contributed by atoms with Crippen molar-refractivity contribution in [3.05, 3.63) is 148 Å². The molecule has 2 aliphatic rings. The quantitative estimate of drug-likeness (QED) is 0.0880. The van der Waals surface area contributed by atoms with E-state index in [1.54, 1.807) is 24.0 Å². The molecule has 6 rings (SSSR count). The van der Waals surface area contributed by atoms with E-state index in [9.17, 15) is 19.7 Å². The van der Waals surface area contributed by atoms with Gasteiger partial charge in [0.2, 0.25) is 0 Å². The third kappa shape index (κ3) is 8.33. The maximum atomic E-state index is 13.9. The van der Waals surface area contributed by atoms with Gasteiger partial charge < -0.3 is 9.64 Å². The van der Waals surface area contributed by atoms with Gasteiger partial charge in [0.05, 0.1) is 17.0 Å². The molecule has 2 unspecified atom stereocenters. The Balaban J connectivity index is 1.11. The molecule has 0 aliphatic carbocycles. The first-order valence-corrected chi connectivity index (χ1v) is 17.3. The van der Waals surface area contributed by atoms with Crippen molar-refractivity contribution in [3.8, 4) is 0 Å². The lowest BCUT2D eigenvalue weighted by Crippen LogP contribution is -2.49. The molecule has 10 heteroatoms. The van der Waals surface area contributed by atoms with E-state index in [4.69, 9.17) is 4.74 Å². The number of hydrogen-bond acceptors (Lipinski definition) is 7. The van der Waals surface area contributed by atoms with Gasteiger partial charge in [-0.1, -0.05) is 103 Å². The summed E-state index contributed by atoms with van der Waals surface area (Å²) in [6.45, 7) is 6.15. The van der Waals surface area contributed by atoms with Crippen LogP contribution in [0.5, 0.6) is 0 Å². The molecule has 2 aliphatic heterocycles. The maximum Gasteiger partial charge on any atom is 0.344 e. The molecule has 1 saturated heterocycles. The first-order chi connectivity index (χ1) is 24.4. The van der Waals surface area contributed by atoms with Crippen LogP contribution in [-0.4, -0.2) is 83.2 Å². The van der Waals surface area contributed by atoms with Crippen molar-refractivity contribution in [1.82, 2.24) is 14.7 Å². The number of esters is 1. The summed E-state index contributed by atoms with van der Waals surface area (Å²) >= 11 is 0. The van der Waals surface area contributed by atoms with E-state index in [-0.39, 0.29) is 18.3 Å². The predicted octanol–water partition coefficient (Wildman–Crippen LogP) is 6.73. The summed E-state index contributed by atoms with van der Waals surface area (Å²) in [5, 5.41) is 11.7. The zero-order valence-corrected chi connectivity index (χ0v) is 28.3. The van der Waals surface area contributed by atoms with E-state index in [1.165, 1.54) is 23.3 Å². The third-order valence-corrected chi connectivity index (χ3v) is 9.66. The number of aryl methyl sites for hydroxylation is 1. The van der Waals surface area contributed by atoms with Gasteiger partial charge in [-0.15, -0.1) is 0 Å². The second kappa shape index (κ2) is 16.5. The Morgan fingerprint density at radius 3 is 2.10 bits per heavy atom. The average Bonchev–Trinajstić information content (AvgIpc) is 3.14. The predicted molar refractivity (Wildman–Crippen MR) is 193 cm³/mol. The van der Waals surface area contributed by atoms with E-state index in [0.29, 0.717) is 30.8 Å². The number of hydrogen-bond donors (Lipinski definition) is 0. The molecule has 0 saturated carbocycles. The van der Waals surface area contributed by atoms with Crippen molar-refractivity contribution in [2.45, 2.75) is 31.8 Å². The number of nitro groups is 1. The van der Waals surface area contributed by atoms with Crippen LogP contribution in [0.25, 0.3) is 0 Å². The summed E-state index contributed by atoms with van der Waals surface area (Å²) in [4.78, 5) is 49.0. The van der Waals surface area contributed by atoms with Crippen LogP contribution in [0, 0.1) is 16.0 Å². The molecule has 4 aromatic rings. The minimum absolute atomic E-state index is 0.104. The second-order valence-corrected chi connectivity index (χ2v) is 12.9. The number of rotatable bonds is 13. The highest BCUT2D eigenvalue weighted by Gasteiger charge is 2.43. The van der Waals surface area contributed by atoms with Crippen molar-refractivity contribution in [1.29, 1.82) is 0 Å². The lowest BCUT2D eigenvalue weighted by Gasteiger charge is -2.40. The molecule has 2 atom stereocenters. The zero-order valence-electron chi connectivity index (χ0n) is 28.3. The average molecular weight is 674 g/mol. The van der Waals surface area contributed by atoms with Crippen molar-refractivity contribution >= 4 is 23.4 Å². The smallest absolute Gasteiger partial charge is 0.344 e. The zero-order chi connectivity index (χ0) is 34.9. The summed E-state index contributed by atoms with van der Waals surface area (Å²) in [6.07, 6.45) is 1.37. The van der Waals surface area contributed by atoms with E-state index < -0.39 is 28.9 Å². The van der Waals surface area contributed by atoms with Gasteiger partial charge in [0, 0.05) is 57.1 Å². The molecular weight excluding hydrogens is 630 g/mol. The number of nitrogens with zero attached hydrogens (tertiary/aromatic N) is 5. The van der Waals surface area contributed by atoms with Gasteiger partial charge >= 0.3 is 12.0 Å². The Kier molecular flexibility index (Phi) is 11.4. The summed E-state index contributed by atoms with van der Waals surface area (Å²) < 4.78 is 5.91. The number of carbonyl (C=O) groups is 2. The van der Waals surface area contributed by atoms with Crippen LogP contribution >= 0.6 is 0 Å². The molecule has 0 radical (unpaired) electrons. The Morgan fingerprint density at radius 2 is 1.48 bits per heavy atom. The van der Waals surface area contributed by atoms with Gasteiger partial charge in [-0.05, 0) is 42.0 Å². The fourth-order valence-electron chi connectivity index (χ4n) is 7.13. The first kappa shape index (κ1) is 34.7. The molecule has 10 nitrogen and oxygen atoms in total. The van der Waals surface area contributed by atoms with Crippen molar-refractivity contribution in [2.24, 2.45) is 10.9 Å². The van der Waals surface area contributed by atoms with Crippen LogP contribution in [0.3, 0.4) is 0 Å². The standard InChI is InChI=1S/C40H43N5O5/c1-30-36(38(34-20-11-21-35(29-34)45(48)49)44(40(47)41-30)22-12-15-31-13-5-2-6-14-31)39(46)50-28-27-42-23-25-43(26-24-42)37(32-16-7-3-8-17-32)33-18-9-4-10-19-33/h2-11,13-14,16-21,29,36-38H,12,15,22-28H2,1H3. The van der Waals surface area contributed by atoms with Crippen LogP contribution < -0.4 is 0 Å². The highest BCUT2D eigenvalue weighted by atomic mass is 16.6. The molecule has 0 aromatic heterocycles. The number of aliphatic imine (C=N–C) groups is 1. The number of carbonyl (C=O) groups excluding carboxylic acids is 2. The summed E-state index contributed by atoms with van der Waals surface area (Å²) in [7, 11) is 0. The number of piperazine rings is 1. The normalized spacial score (nSPS) is 18.6. The van der Waals surface area contributed by atoms with Crippen molar-refractivity contribution < 1.29 is 19.2 Å². The Morgan fingerprint density at radius 1 is 0.860 bits per heavy atom. The first-order valence-electron chi connectivity index (χ1n) is 17.3. The fraction of sp³-hybridized carbons (Fsp3) is 0.325. The van der Waals surface area contributed by atoms with Gasteiger partial charge in [-0.3, -0.25) is 24.7 Å². The molecule has 0 N–H and O–H groups in total. The molecule has 1 fully saturated rings. The highest BCUT2D eigenvalue weighted by Crippen LogP contribution is 2.37. The van der Waals surface area contributed by atoms with E-state index in [0.717, 1.165) is 38.2 Å². The van der Waals surface area contributed by atoms with Gasteiger partial charge in [0.15, 0.2) is 0 Å². The lowest BCUT2D eigenvalue weighted by molar-refractivity contribution is -0.385. The minimum atomic E-state index is -0.888.